The van der Waals surface area contributed by atoms with Gasteiger partial charge in [-0.05, 0) is 39.7 Å². The van der Waals surface area contributed by atoms with Gasteiger partial charge in [0.15, 0.2) is 0 Å². The molecule has 1 atom stereocenters. The van der Waals surface area contributed by atoms with Crippen molar-refractivity contribution in [3.63, 3.8) is 0 Å². The molecule has 0 radical (unpaired) electrons. The number of benzene rings is 1. The predicted octanol–water partition coefficient (Wildman–Crippen LogP) is 1.35. The largest absolute Gasteiger partial charge is 0.384 e. The summed E-state index contributed by atoms with van der Waals surface area (Å²) in [6.45, 7) is 7.42. The lowest BCUT2D eigenvalue weighted by Gasteiger charge is -2.26. The summed E-state index contributed by atoms with van der Waals surface area (Å²) >= 11 is 0. The lowest BCUT2D eigenvalue weighted by molar-refractivity contribution is -0.142. The second-order valence-corrected chi connectivity index (χ2v) is 6.47. The smallest absolute Gasteiger partial charge is 0.251 e. The number of aliphatic hydroxyl groups is 1. The molecule has 0 spiro atoms. The first-order valence-electron chi connectivity index (χ1n) is 7.51. The van der Waals surface area contributed by atoms with Crippen LogP contribution < -0.4 is 5.32 Å². The standard InChI is InChI=1S/C17H26N2O3/c1-13(20)16(22)19(12-15(21)18-17(2,3)4)11-10-14-8-6-5-7-9-14/h5-9,13,20H,10-12H2,1-4H3,(H,18,21). The highest BCUT2D eigenvalue weighted by molar-refractivity contribution is 5.86. The first-order valence-corrected chi connectivity index (χ1v) is 7.51. The SMILES string of the molecule is CC(O)C(=O)N(CCc1ccccc1)CC(=O)NC(C)(C)C. The quantitative estimate of drug-likeness (QED) is 0.833. The molecule has 0 bridgehead atoms. The first kappa shape index (κ1) is 18.2. The van der Waals surface area contributed by atoms with Gasteiger partial charge >= 0.3 is 0 Å². The first-order chi connectivity index (χ1) is 10.2. The molecule has 5 heteroatoms. The van der Waals surface area contributed by atoms with Crippen molar-refractivity contribution in [1.29, 1.82) is 0 Å². The fourth-order valence-corrected chi connectivity index (χ4v) is 2.07. The van der Waals surface area contributed by atoms with E-state index in [1.807, 2.05) is 51.1 Å². The van der Waals surface area contributed by atoms with Gasteiger partial charge < -0.3 is 15.3 Å². The van der Waals surface area contributed by atoms with Crippen LogP contribution in [0.25, 0.3) is 0 Å². The van der Waals surface area contributed by atoms with E-state index >= 15 is 0 Å². The van der Waals surface area contributed by atoms with E-state index in [1.165, 1.54) is 11.8 Å². The van der Waals surface area contributed by atoms with Gasteiger partial charge in [-0.2, -0.15) is 0 Å². The third-order valence-electron chi connectivity index (χ3n) is 3.03. The highest BCUT2D eigenvalue weighted by atomic mass is 16.3. The zero-order chi connectivity index (χ0) is 16.8. The second kappa shape index (κ2) is 7.94. The number of nitrogens with zero attached hydrogens (tertiary/aromatic N) is 1. The van der Waals surface area contributed by atoms with Crippen LogP contribution in [0, 0.1) is 0 Å². The highest BCUT2D eigenvalue weighted by Gasteiger charge is 2.22. The average molecular weight is 306 g/mol. The van der Waals surface area contributed by atoms with E-state index in [9.17, 15) is 14.7 Å². The van der Waals surface area contributed by atoms with Gasteiger partial charge in [0.2, 0.25) is 5.91 Å². The summed E-state index contributed by atoms with van der Waals surface area (Å²) in [7, 11) is 0. The van der Waals surface area contributed by atoms with Crippen molar-refractivity contribution in [2.24, 2.45) is 0 Å². The molecule has 1 aromatic rings. The minimum Gasteiger partial charge on any atom is -0.384 e. The van der Waals surface area contributed by atoms with Gasteiger partial charge in [0.25, 0.3) is 5.91 Å². The molecule has 22 heavy (non-hydrogen) atoms. The minimum absolute atomic E-state index is 0.0478. The molecule has 2 N–H and O–H groups in total. The molecular weight excluding hydrogens is 280 g/mol. The van der Waals surface area contributed by atoms with Crippen LogP contribution >= 0.6 is 0 Å². The number of rotatable bonds is 6. The Bertz CT molecular complexity index is 492. The number of nitrogens with one attached hydrogen (secondary N) is 1. The van der Waals surface area contributed by atoms with Crippen LogP contribution in [-0.2, 0) is 16.0 Å². The molecule has 1 aromatic carbocycles. The number of carbonyl (C=O) groups excluding carboxylic acids is 2. The summed E-state index contributed by atoms with van der Waals surface area (Å²) < 4.78 is 0. The van der Waals surface area contributed by atoms with Crippen LogP contribution in [0.4, 0.5) is 0 Å². The van der Waals surface area contributed by atoms with E-state index < -0.39 is 12.0 Å². The molecule has 0 fully saturated rings. The number of amides is 2. The molecule has 0 aliphatic carbocycles. The van der Waals surface area contributed by atoms with Crippen LogP contribution in [-0.4, -0.2) is 46.6 Å². The van der Waals surface area contributed by atoms with Crippen molar-refractivity contribution in [3.05, 3.63) is 35.9 Å². The number of carbonyl (C=O) groups is 2. The molecule has 1 rings (SSSR count). The van der Waals surface area contributed by atoms with Crippen molar-refractivity contribution in [3.8, 4) is 0 Å². The lowest BCUT2D eigenvalue weighted by atomic mass is 10.1. The highest BCUT2D eigenvalue weighted by Crippen LogP contribution is 2.04. The van der Waals surface area contributed by atoms with Crippen LogP contribution in [0.5, 0.6) is 0 Å². The van der Waals surface area contributed by atoms with Gasteiger partial charge in [-0.1, -0.05) is 30.3 Å². The molecule has 5 nitrogen and oxygen atoms in total. The molecule has 2 amide bonds. The average Bonchev–Trinajstić information content (AvgIpc) is 2.41. The zero-order valence-corrected chi connectivity index (χ0v) is 13.8. The van der Waals surface area contributed by atoms with E-state index in [0.29, 0.717) is 13.0 Å². The molecule has 0 aliphatic heterocycles. The third-order valence-corrected chi connectivity index (χ3v) is 3.03. The van der Waals surface area contributed by atoms with E-state index in [-0.39, 0.29) is 18.0 Å². The Kier molecular flexibility index (Phi) is 6.56. The molecule has 122 valence electrons. The molecule has 0 heterocycles. The summed E-state index contributed by atoms with van der Waals surface area (Å²) in [6.07, 6.45) is -0.472. The van der Waals surface area contributed by atoms with Gasteiger partial charge in [0.05, 0.1) is 6.54 Å². The van der Waals surface area contributed by atoms with Crippen molar-refractivity contribution < 1.29 is 14.7 Å². The van der Waals surface area contributed by atoms with Crippen molar-refractivity contribution in [2.75, 3.05) is 13.1 Å². The minimum atomic E-state index is -1.11. The fourth-order valence-electron chi connectivity index (χ4n) is 2.07. The lowest BCUT2D eigenvalue weighted by Crippen LogP contribution is -2.49. The molecular formula is C17H26N2O3. The Hall–Kier alpha value is -1.88. The summed E-state index contributed by atoms with van der Waals surface area (Å²) in [5, 5.41) is 12.3. The summed E-state index contributed by atoms with van der Waals surface area (Å²) in [6, 6.07) is 9.74. The van der Waals surface area contributed by atoms with E-state index in [0.717, 1.165) is 5.56 Å². The number of aliphatic hydroxyl groups excluding tert-OH is 1. The summed E-state index contributed by atoms with van der Waals surface area (Å²) in [5.41, 5.74) is 0.734. The van der Waals surface area contributed by atoms with Crippen molar-refractivity contribution in [2.45, 2.75) is 45.8 Å². The monoisotopic (exact) mass is 306 g/mol. The molecule has 1 unspecified atom stereocenters. The van der Waals surface area contributed by atoms with Crippen LogP contribution in [0.15, 0.2) is 30.3 Å². The Morgan fingerprint density at radius 1 is 1.23 bits per heavy atom. The Balaban J connectivity index is 2.68. The van der Waals surface area contributed by atoms with Gasteiger partial charge in [-0.3, -0.25) is 9.59 Å². The summed E-state index contributed by atoms with van der Waals surface area (Å²) in [5.74, 6) is -0.658. The van der Waals surface area contributed by atoms with Gasteiger partial charge in [0, 0.05) is 12.1 Å². The van der Waals surface area contributed by atoms with Gasteiger partial charge in [-0.15, -0.1) is 0 Å². The normalized spacial score (nSPS) is 12.6. The van der Waals surface area contributed by atoms with Crippen LogP contribution in [0.1, 0.15) is 33.3 Å². The molecule has 0 saturated carbocycles. The maximum Gasteiger partial charge on any atom is 0.251 e. The van der Waals surface area contributed by atoms with Crippen molar-refractivity contribution in [1.82, 2.24) is 10.2 Å². The third kappa shape index (κ3) is 6.72. The van der Waals surface area contributed by atoms with Gasteiger partial charge in [0.1, 0.15) is 6.10 Å². The Morgan fingerprint density at radius 2 is 1.82 bits per heavy atom. The fraction of sp³-hybridized carbons (Fsp3) is 0.529. The van der Waals surface area contributed by atoms with Crippen LogP contribution in [0.2, 0.25) is 0 Å². The number of hydrogen-bond acceptors (Lipinski definition) is 3. The number of hydrogen-bond donors (Lipinski definition) is 2. The maximum absolute atomic E-state index is 12.1. The molecule has 0 aromatic heterocycles. The van der Waals surface area contributed by atoms with E-state index in [1.54, 1.807) is 0 Å². The summed E-state index contributed by atoms with van der Waals surface area (Å²) in [4.78, 5) is 25.5. The van der Waals surface area contributed by atoms with Crippen LogP contribution in [0.3, 0.4) is 0 Å². The van der Waals surface area contributed by atoms with Crippen molar-refractivity contribution >= 4 is 11.8 Å². The molecule has 0 aliphatic rings. The van der Waals surface area contributed by atoms with Gasteiger partial charge in [-0.25, -0.2) is 0 Å². The zero-order valence-electron chi connectivity index (χ0n) is 13.8. The maximum atomic E-state index is 12.1. The molecule has 0 saturated heterocycles. The topological polar surface area (TPSA) is 69.6 Å². The second-order valence-electron chi connectivity index (χ2n) is 6.47. The predicted molar refractivity (Wildman–Crippen MR) is 86.3 cm³/mol. The van der Waals surface area contributed by atoms with E-state index in [2.05, 4.69) is 5.32 Å². The Morgan fingerprint density at radius 3 is 2.32 bits per heavy atom. The Labute approximate surface area is 132 Å². The van der Waals surface area contributed by atoms with E-state index in [4.69, 9.17) is 0 Å².